The summed E-state index contributed by atoms with van der Waals surface area (Å²) in [6.45, 7) is 34.8. The maximum Gasteiger partial charge on any atom is 0.311 e. The Bertz CT molecular complexity index is 5350. The average molecular weight is 1540 g/mol. The van der Waals surface area contributed by atoms with E-state index in [9.17, 15) is 14.4 Å². The van der Waals surface area contributed by atoms with Crippen LogP contribution in [-0.2, 0) is 107 Å². The number of likely N-dealkylation sites (N-methyl/N-ethyl adjacent to an activating group) is 4. The van der Waals surface area contributed by atoms with E-state index in [1.807, 2.05) is 102 Å². The van der Waals surface area contributed by atoms with E-state index in [4.69, 9.17) is 19.9 Å². The maximum atomic E-state index is 12.9. The quantitative estimate of drug-likeness (QED) is 0.0630. The van der Waals surface area contributed by atoms with Crippen molar-refractivity contribution < 1.29 is 28.6 Å². The lowest BCUT2D eigenvalue weighted by molar-refractivity contribution is -0.160. The number of carbonyl (C=O) groups excluding carboxylic acids is 3. The summed E-state index contributed by atoms with van der Waals surface area (Å²) in [5, 5.41) is 5.33. The van der Waals surface area contributed by atoms with Gasteiger partial charge in [0.2, 0.25) is 0 Å². The molecule has 598 valence electrons. The minimum absolute atomic E-state index is 0.0198. The van der Waals surface area contributed by atoms with Crippen LogP contribution in [-0.4, -0.2) is 130 Å². The smallest absolute Gasteiger partial charge is 0.311 e. The molecule has 5 atom stereocenters. The summed E-state index contributed by atoms with van der Waals surface area (Å²) in [6, 6.07) is 42.4. The maximum absolute atomic E-state index is 12.9. The molecule has 19 heteroatoms. The second-order valence-corrected chi connectivity index (χ2v) is 34.1. The van der Waals surface area contributed by atoms with E-state index in [0.29, 0.717) is 19.6 Å². The Morgan fingerprint density at radius 1 is 0.386 bits per heavy atom. The number of carbonyl (C=O) groups is 3. The molecule has 0 saturated heterocycles. The van der Waals surface area contributed by atoms with Crippen LogP contribution in [0.2, 0.25) is 0 Å². The van der Waals surface area contributed by atoms with E-state index in [2.05, 4.69) is 200 Å². The zero-order valence-electron chi connectivity index (χ0n) is 69.9. The fourth-order valence-corrected chi connectivity index (χ4v) is 16.5. The number of esters is 3. The van der Waals surface area contributed by atoms with E-state index < -0.39 is 5.41 Å². The first-order valence-electron chi connectivity index (χ1n) is 40.8. The topological polar surface area (TPSA) is 189 Å². The van der Waals surface area contributed by atoms with Gasteiger partial charge in [-0.3, -0.25) is 34.3 Å². The summed E-state index contributed by atoms with van der Waals surface area (Å²) in [5.41, 5.74) is 31.3. The number of hydrogen-bond donors (Lipinski definition) is 1. The highest BCUT2D eigenvalue weighted by atomic mass is 16.6. The van der Waals surface area contributed by atoms with Crippen LogP contribution in [0.1, 0.15) is 169 Å². The molecule has 12 heterocycles. The fourth-order valence-electron chi connectivity index (χ4n) is 16.5. The molecule has 2 N–H and O–H groups in total. The summed E-state index contributed by atoms with van der Waals surface area (Å²) in [7, 11) is 8.72. The number of nitrogens with two attached hydrogens (primary N) is 1. The third kappa shape index (κ3) is 18.6. The van der Waals surface area contributed by atoms with Crippen LogP contribution in [0.3, 0.4) is 0 Å². The number of benzene rings is 4. The van der Waals surface area contributed by atoms with Gasteiger partial charge in [-0.05, 0) is 224 Å². The second kappa shape index (κ2) is 35.7. The van der Waals surface area contributed by atoms with E-state index in [-0.39, 0.29) is 60.0 Å². The van der Waals surface area contributed by atoms with E-state index in [1.54, 1.807) is 37.2 Å². The highest BCUT2D eigenvalue weighted by Crippen LogP contribution is 2.40. The third-order valence-electron chi connectivity index (χ3n) is 23.4. The largest absolute Gasteiger partial charge is 0.455 e. The lowest BCUT2D eigenvalue weighted by Crippen LogP contribution is -2.29. The van der Waals surface area contributed by atoms with Gasteiger partial charge in [0.15, 0.2) is 0 Å². The van der Waals surface area contributed by atoms with Gasteiger partial charge < -0.3 is 57.8 Å². The van der Waals surface area contributed by atoms with Gasteiger partial charge in [0.25, 0.3) is 0 Å². The lowest BCUT2D eigenvalue weighted by Gasteiger charge is -2.27. The normalized spacial score (nSPS) is 16.0. The number of ether oxygens (including phenoxy) is 3. The van der Waals surface area contributed by atoms with Gasteiger partial charge >= 0.3 is 17.9 Å². The summed E-state index contributed by atoms with van der Waals surface area (Å²) < 4.78 is 27.7. The van der Waals surface area contributed by atoms with Crippen LogP contribution in [0.5, 0.6) is 0 Å². The molecule has 8 aromatic heterocycles. The van der Waals surface area contributed by atoms with Gasteiger partial charge in [-0.2, -0.15) is 0 Å². The van der Waals surface area contributed by atoms with Crippen LogP contribution >= 0.6 is 0 Å². The van der Waals surface area contributed by atoms with Crippen molar-refractivity contribution >= 4 is 61.5 Å². The van der Waals surface area contributed by atoms with Gasteiger partial charge in [0.1, 0.15) is 18.3 Å². The number of pyridine rings is 4. The van der Waals surface area contributed by atoms with Crippen LogP contribution < -0.4 is 5.73 Å². The molecular weight excluding hydrogens is 1420 g/mol. The number of fused-ring (bicyclic) bond motifs is 12. The first-order valence-corrected chi connectivity index (χ1v) is 40.8. The van der Waals surface area contributed by atoms with Crippen molar-refractivity contribution in [2.75, 3.05) is 54.4 Å². The molecule has 0 bridgehead atoms. The van der Waals surface area contributed by atoms with Crippen LogP contribution in [0.15, 0.2) is 171 Å². The predicted octanol–water partition coefficient (Wildman–Crippen LogP) is 16.9. The SMILES string of the molecule is Cc1ccc2c(c1)c1c(n2CC(N)c2ccncc2)CCN(C)C1.Cc1ccc2c(c1)c1c(n2CC(OC(=O)C(C)(C)C)c2ccncc2)CCN(C)C1.Cc1ccc2c(c1)c1c(n2CC(OC(=O)C(C)C(C)C)c2ccncc2)CCN(C)C1.Cc1ccc2c(c1)c1c(n2CC(OC(=O)C(C)C)c2ccncc2)CCN(C)C1. The first-order chi connectivity index (χ1) is 54.6. The predicted molar refractivity (Wildman–Crippen MR) is 456 cm³/mol. The second-order valence-electron chi connectivity index (χ2n) is 34.1. The lowest BCUT2D eigenvalue weighted by atomic mass is 9.97. The average Bonchev–Trinajstić information content (AvgIpc) is 1.62. The van der Waals surface area contributed by atoms with E-state index in [1.165, 1.54) is 111 Å². The first kappa shape index (κ1) is 81.9. The zero-order valence-corrected chi connectivity index (χ0v) is 69.9. The van der Waals surface area contributed by atoms with E-state index in [0.717, 1.165) is 107 Å². The van der Waals surface area contributed by atoms with Gasteiger partial charge in [-0.25, -0.2) is 0 Å². The van der Waals surface area contributed by atoms with Gasteiger partial charge in [0.05, 0.1) is 36.9 Å². The molecule has 0 fully saturated rings. The van der Waals surface area contributed by atoms with Crippen molar-refractivity contribution in [2.24, 2.45) is 28.9 Å². The molecule has 0 aliphatic carbocycles. The Morgan fingerprint density at radius 3 is 0.939 bits per heavy atom. The minimum atomic E-state index is -0.552. The van der Waals surface area contributed by atoms with Gasteiger partial charge in [-0.15, -0.1) is 0 Å². The van der Waals surface area contributed by atoms with Crippen molar-refractivity contribution in [3.8, 4) is 0 Å². The Labute approximate surface area is 673 Å². The highest BCUT2D eigenvalue weighted by Gasteiger charge is 2.34. The van der Waals surface area contributed by atoms with Crippen LogP contribution in [0.4, 0.5) is 0 Å². The molecule has 0 amide bonds. The number of nitrogens with zero attached hydrogens (tertiary/aromatic N) is 12. The molecule has 19 nitrogen and oxygen atoms in total. The van der Waals surface area contributed by atoms with Gasteiger partial charge in [0, 0.05) is 207 Å². The third-order valence-corrected chi connectivity index (χ3v) is 23.4. The van der Waals surface area contributed by atoms with Crippen molar-refractivity contribution in [3.05, 3.63) is 260 Å². The van der Waals surface area contributed by atoms with Crippen molar-refractivity contribution in [3.63, 3.8) is 0 Å². The van der Waals surface area contributed by atoms with Crippen molar-refractivity contribution in [1.82, 2.24) is 57.8 Å². The number of rotatable bonds is 18. The van der Waals surface area contributed by atoms with Crippen molar-refractivity contribution in [2.45, 2.75) is 185 Å². The minimum Gasteiger partial charge on any atom is -0.455 e. The molecule has 5 unspecified atom stereocenters. The number of aryl methyl sites for hydroxylation is 4. The summed E-state index contributed by atoms with van der Waals surface area (Å²) in [5.74, 6) is -0.568. The van der Waals surface area contributed by atoms with Gasteiger partial charge in [-0.1, -0.05) is 81.1 Å². The summed E-state index contributed by atoms with van der Waals surface area (Å²) in [6.07, 6.45) is 17.2. The van der Waals surface area contributed by atoms with Crippen LogP contribution in [0.25, 0.3) is 43.6 Å². The molecular formula is C95H117N13O6. The molecule has 4 aliphatic heterocycles. The molecule has 0 radical (unpaired) electrons. The molecule has 114 heavy (non-hydrogen) atoms. The van der Waals surface area contributed by atoms with Crippen molar-refractivity contribution in [1.29, 1.82) is 0 Å². The molecule has 12 aromatic rings. The van der Waals surface area contributed by atoms with Crippen LogP contribution in [0, 0.1) is 50.9 Å². The molecule has 0 saturated carbocycles. The molecule has 0 spiro atoms. The Morgan fingerprint density at radius 2 is 0.658 bits per heavy atom. The molecule has 4 aromatic carbocycles. The Balaban J connectivity index is 0.000000133. The zero-order chi connectivity index (χ0) is 80.8. The monoisotopic (exact) mass is 1540 g/mol. The highest BCUT2D eigenvalue weighted by molar-refractivity contribution is 5.90. The van der Waals surface area contributed by atoms with E-state index >= 15 is 0 Å². The molecule has 16 rings (SSSR count). The fraction of sp³-hybridized carbons (Fsp3) is 0.421. The molecule has 4 aliphatic rings. The Hall–Kier alpha value is -10.2. The summed E-state index contributed by atoms with van der Waals surface area (Å²) in [4.78, 5) is 64.1. The number of hydrogen-bond acceptors (Lipinski definition) is 15. The summed E-state index contributed by atoms with van der Waals surface area (Å²) >= 11 is 0. The number of aromatic nitrogens is 8. The Kier molecular flexibility index (Phi) is 25.6. The standard InChI is InChI=1S/C26H33N3O2.C25H31N3O2.C24H29N3O2.C20H24N4/c1-17(2)19(4)26(30)31-25(20-8-11-27-12-9-20)16-29-23-7-6-18(3)14-21(23)22-15-28(5)13-10-24(22)29;1-17-6-7-21-19(14-17)20-15-27(5)13-10-22(20)28(21)16-23(18-8-11-26-12-9-18)30-24(29)25(2,3)4;1-16(2)24(28)29-23(18-7-10-25-11-8-18)15-27-21-6-5-17(3)13-19(21)20-14-26(4)12-9-22(20)27;1-14-3-4-19-16(11-14)17-12-23(2)10-7-20(17)24(19)13-18(21)15-5-8-22-9-6-15/h6-9,11-12,14,17,19,25H,10,13,15-16H2,1-5H3;6-9,11-12,14,23H,10,13,15-16H2,1-5H3;5-8,10-11,13,16,23H,9,12,14-15H2,1-4H3;3-6,8-9,11,18H,7,10,12-13,21H2,1-2H3.